The van der Waals surface area contributed by atoms with Gasteiger partial charge in [0.2, 0.25) is 11.8 Å². The van der Waals surface area contributed by atoms with Crippen LogP contribution in [0.5, 0.6) is 0 Å². The number of benzene rings is 1. The van der Waals surface area contributed by atoms with Crippen LogP contribution in [0.15, 0.2) is 18.2 Å². The summed E-state index contributed by atoms with van der Waals surface area (Å²) >= 11 is 0. The first-order valence-corrected chi connectivity index (χ1v) is 9.78. The molecule has 3 amide bonds. The SMILES string of the molecule is O=C1CCC(N2Cc3cc(CN4CCNCC45CC5)ccc3C2=O)C(=O)N1. The number of carbonyl (C=O) groups is 3. The number of fused-ring (bicyclic) bond motifs is 1. The molecule has 2 N–H and O–H groups in total. The maximum absolute atomic E-state index is 12.8. The molecule has 3 aliphatic heterocycles. The number of rotatable bonds is 3. The van der Waals surface area contributed by atoms with Crippen LogP contribution in [-0.2, 0) is 22.7 Å². The van der Waals surface area contributed by atoms with E-state index in [1.807, 2.05) is 12.1 Å². The van der Waals surface area contributed by atoms with Crippen molar-refractivity contribution in [1.29, 1.82) is 0 Å². The first kappa shape index (κ1) is 16.9. The molecule has 1 atom stereocenters. The lowest BCUT2D eigenvalue weighted by Crippen LogP contribution is -2.52. The summed E-state index contributed by atoms with van der Waals surface area (Å²) in [5.74, 6) is -0.719. The van der Waals surface area contributed by atoms with E-state index in [0.29, 0.717) is 24.1 Å². The minimum atomic E-state index is -0.547. The number of carbonyl (C=O) groups excluding carboxylic acids is 3. The van der Waals surface area contributed by atoms with E-state index in [1.54, 1.807) is 4.90 Å². The third-order valence-corrected chi connectivity index (χ3v) is 6.47. The van der Waals surface area contributed by atoms with Crippen molar-refractivity contribution in [3.05, 3.63) is 34.9 Å². The van der Waals surface area contributed by atoms with Crippen molar-refractivity contribution in [3.63, 3.8) is 0 Å². The molecule has 1 aromatic carbocycles. The molecule has 1 saturated carbocycles. The van der Waals surface area contributed by atoms with E-state index in [2.05, 4.69) is 21.6 Å². The van der Waals surface area contributed by atoms with Crippen LogP contribution >= 0.6 is 0 Å². The Kier molecular flexibility index (Phi) is 3.84. The lowest BCUT2D eigenvalue weighted by molar-refractivity contribution is -0.136. The fourth-order valence-corrected chi connectivity index (χ4v) is 4.71. The Balaban J connectivity index is 1.33. The molecule has 0 aromatic heterocycles. The number of nitrogens with one attached hydrogen (secondary N) is 2. The molecule has 1 aromatic rings. The predicted octanol–water partition coefficient (Wildman–Crippen LogP) is 0.385. The molecule has 142 valence electrons. The molecule has 1 aliphatic carbocycles. The summed E-state index contributed by atoms with van der Waals surface area (Å²) in [5.41, 5.74) is 3.23. The van der Waals surface area contributed by atoms with Gasteiger partial charge in [0.1, 0.15) is 6.04 Å². The van der Waals surface area contributed by atoms with Crippen LogP contribution in [-0.4, -0.2) is 58.7 Å². The summed E-state index contributed by atoms with van der Waals surface area (Å²) in [7, 11) is 0. The first-order valence-electron chi connectivity index (χ1n) is 9.78. The van der Waals surface area contributed by atoms with Gasteiger partial charge in [0.25, 0.3) is 5.91 Å². The largest absolute Gasteiger partial charge is 0.322 e. The second kappa shape index (κ2) is 6.14. The molecule has 3 fully saturated rings. The second-order valence-electron chi connectivity index (χ2n) is 8.21. The average molecular weight is 368 g/mol. The zero-order valence-electron chi connectivity index (χ0n) is 15.3. The van der Waals surface area contributed by atoms with E-state index in [1.165, 1.54) is 18.4 Å². The van der Waals surface area contributed by atoms with Crippen LogP contribution in [0.2, 0.25) is 0 Å². The zero-order chi connectivity index (χ0) is 18.6. The molecule has 1 spiro atoms. The third-order valence-electron chi connectivity index (χ3n) is 6.47. The van der Waals surface area contributed by atoms with E-state index in [4.69, 9.17) is 0 Å². The van der Waals surface area contributed by atoms with E-state index in [9.17, 15) is 14.4 Å². The van der Waals surface area contributed by atoms with Crippen LogP contribution in [0.1, 0.15) is 47.2 Å². The molecule has 2 saturated heterocycles. The van der Waals surface area contributed by atoms with Gasteiger partial charge in [-0.1, -0.05) is 12.1 Å². The van der Waals surface area contributed by atoms with Crippen molar-refractivity contribution in [2.45, 2.75) is 50.4 Å². The third kappa shape index (κ3) is 2.85. The van der Waals surface area contributed by atoms with Crippen molar-refractivity contribution in [2.75, 3.05) is 19.6 Å². The Hall–Kier alpha value is -2.25. The van der Waals surface area contributed by atoms with E-state index < -0.39 is 6.04 Å². The molecule has 5 rings (SSSR count). The van der Waals surface area contributed by atoms with Crippen molar-refractivity contribution in [2.24, 2.45) is 0 Å². The lowest BCUT2D eigenvalue weighted by atomic mass is 10.0. The highest BCUT2D eigenvalue weighted by Crippen LogP contribution is 2.43. The van der Waals surface area contributed by atoms with Crippen LogP contribution < -0.4 is 10.6 Å². The zero-order valence-corrected chi connectivity index (χ0v) is 15.3. The van der Waals surface area contributed by atoms with E-state index in [-0.39, 0.29) is 24.1 Å². The van der Waals surface area contributed by atoms with E-state index in [0.717, 1.165) is 31.7 Å². The van der Waals surface area contributed by atoms with Crippen LogP contribution in [0.4, 0.5) is 0 Å². The second-order valence-corrected chi connectivity index (χ2v) is 8.21. The molecule has 0 radical (unpaired) electrons. The molecule has 1 unspecified atom stereocenters. The summed E-state index contributed by atoms with van der Waals surface area (Å²) < 4.78 is 0. The number of piperazine rings is 1. The Labute approximate surface area is 158 Å². The Morgan fingerprint density at radius 2 is 2.04 bits per heavy atom. The molecule has 7 nitrogen and oxygen atoms in total. The monoisotopic (exact) mass is 368 g/mol. The fourth-order valence-electron chi connectivity index (χ4n) is 4.71. The quantitative estimate of drug-likeness (QED) is 0.754. The lowest BCUT2D eigenvalue weighted by Gasteiger charge is -2.36. The van der Waals surface area contributed by atoms with Gasteiger partial charge in [-0.3, -0.25) is 24.6 Å². The van der Waals surface area contributed by atoms with Gasteiger partial charge in [0.05, 0.1) is 0 Å². The Morgan fingerprint density at radius 3 is 2.81 bits per heavy atom. The minimum Gasteiger partial charge on any atom is -0.322 e. The molecule has 3 heterocycles. The van der Waals surface area contributed by atoms with Crippen molar-refractivity contribution in [3.8, 4) is 0 Å². The Bertz CT molecular complexity index is 833. The maximum Gasteiger partial charge on any atom is 0.255 e. The van der Waals surface area contributed by atoms with Crippen molar-refractivity contribution in [1.82, 2.24) is 20.4 Å². The number of nitrogens with zero attached hydrogens (tertiary/aromatic N) is 2. The van der Waals surface area contributed by atoms with Gasteiger partial charge in [-0.15, -0.1) is 0 Å². The number of hydrogen-bond acceptors (Lipinski definition) is 5. The highest BCUT2D eigenvalue weighted by molar-refractivity contribution is 6.05. The van der Waals surface area contributed by atoms with Gasteiger partial charge in [0, 0.05) is 50.2 Å². The van der Waals surface area contributed by atoms with Gasteiger partial charge >= 0.3 is 0 Å². The smallest absolute Gasteiger partial charge is 0.255 e. The minimum absolute atomic E-state index is 0.105. The summed E-state index contributed by atoms with van der Waals surface area (Å²) in [5, 5.41) is 5.85. The first-order chi connectivity index (χ1) is 13.1. The molecular weight excluding hydrogens is 344 g/mol. The number of amides is 3. The molecule has 4 aliphatic rings. The number of hydrogen-bond donors (Lipinski definition) is 2. The maximum atomic E-state index is 12.8. The number of imide groups is 1. The number of piperidine rings is 1. The average Bonchev–Trinajstić information content (AvgIpc) is 3.35. The van der Waals surface area contributed by atoms with Gasteiger partial charge in [0.15, 0.2) is 0 Å². The van der Waals surface area contributed by atoms with Crippen LogP contribution in [0.25, 0.3) is 0 Å². The highest BCUT2D eigenvalue weighted by Gasteiger charge is 2.48. The molecular formula is C20H24N4O3. The Morgan fingerprint density at radius 1 is 1.19 bits per heavy atom. The summed E-state index contributed by atoms with van der Waals surface area (Å²) in [6, 6.07) is 5.52. The topological polar surface area (TPSA) is 81.8 Å². The van der Waals surface area contributed by atoms with Gasteiger partial charge in [-0.2, -0.15) is 0 Å². The van der Waals surface area contributed by atoms with Gasteiger partial charge < -0.3 is 10.2 Å². The normalized spacial score (nSPS) is 27.0. The van der Waals surface area contributed by atoms with Gasteiger partial charge in [-0.25, -0.2) is 0 Å². The van der Waals surface area contributed by atoms with Crippen molar-refractivity contribution >= 4 is 17.7 Å². The fraction of sp³-hybridized carbons (Fsp3) is 0.550. The predicted molar refractivity (Wildman–Crippen MR) is 97.7 cm³/mol. The summed E-state index contributed by atoms with van der Waals surface area (Å²) in [4.78, 5) is 40.5. The van der Waals surface area contributed by atoms with E-state index >= 15 is 0 Å². The standard InChI is InChI=1S/C20H24N4O3/c25-17-4-3-16(18(26)22-17)24-11-14-9-13(1-2-15(14)19(24)27)10-23-8-7-21-12-20(23)5-6-20/h1-2,9,16,21H,3-8,10-12H2,(H,22,25,26). The molecule has 27 heavy (non-hydrogen) atoms. The molecule has 0 bridgehead atoms. The van der Waals surface area contributed by atoms with Crippen molar-refractivity contribution < 1.29 is 14.4 Å². The summed E-state index contributed by atoms with van der Waals surface area (Å²) in [6.45, 7) is 4.50. The highest BCUT2D eigenvalue weighted by atomic mass is 16.2. The summed E-state index contributed by atoms with van der Waals surface area (Å²) in [6.07, 6.45) is 3.20. The molecule has 7 heteroatoms. The van der Waals surface area contributed by atoms with Gasteiger partial charge in [-0.05, 0) is 36.5 Å². The van der Waals surface area contributed by atoms with Crippen LogP contribution in [0, 0.1) is 0 Å². The van der Waals surface area contributed by atoms with Crippen LogP contribution in [0.3, 0.4) is 0 Å².